The number of nitrogens with zero attached hydrogens (tertiary/aromatic N) is 4. The van der Waals surface area contributed by atoms with E-state index in [1.54, 1.807) is 11.9 Å². The molecular formula is C11H18ClN5O2. The second kappa shape index (κ2) is 7.73. The predicted molar refractivity (Wildman–Crippen MR) is 72.6 cm³/mol. The van der Waals surface area contributed by atoms with E-state index in [0.717, 1.165) is 6.42 Å². The predicted octanol–water partition coefficient (Wildman–Crippen LogP) is 0.886. The van der Waals surface area contributed by atoms with E-state index in [-0.39, 0.29) is 23.7 Å². The van der Waals surface area contributed by atoms with Crippen molar-refractivity contribution in [2.24, 2.45) is 0 Å². The molecule has 1 rings (SSSR count). The van der Waals surface area contributed by atoms with Crippen molar-refractivity contribution in [3.05, 3.63) is 5.28 Å². The third kappa shape index (κ3) is 5.25. The average molecular weight is 288 g/mol. The summed E-state index contributed by atoms with van der Waals surface area (Å²) in [5, 5.41) is 2.73. The largest absolute Gasteiger partial charge is 0.463 e. The van der Waals surface area contributed by atoms with Crippen molar-refractivity contribution in [1.82, 2.24) is 20.3 Å². The maximum absolute atomic E-state index is 11.5. The normalized spacial score (nSPS) is 10.1. The number of ether oxygens (including phenoxy) is 1. The van der Waals surface area contributed by atoms with Crippen LogP contribution in [-0.4, -0.2) is 47.6 Å². The van der Waals surface area contributed by atoms with Gasteiger partial charge in [-0.15, -0.1) is 0 Å². The maximum Gasteiger partial charge on any atom is 0.322 e. The van der Waals surface area contributed by atoms with Gasteiger partial charge in [-0.1, -0.05) is 6.92 Å². The Balaban J connectivity index is 2.75. The van der Waals surface area contributed by atoms with Crippen LogP contribution in [0.3, 0.4) is 0 Å². The van der Waals surface area contributed by atoms with Gasteiger partial charge in [-0.3, -0.25) is 4.79 Å². The van der Waals surface area contributed by atoms with E-state index in [1.807, 2.05) is 13.8 Å². The molecule has 0 aromatic carbocycles. The third-order valence-corrected chi connectivity index (χ3v) is 2.28. The number of hydrogen-bond donors (Lipinski definition) is 1. The van der Waals surface area contributed by atoms with Crippen LogP contribution in [0.25, 0.3) is 0 Å². The summed E-state index contributed by atoms with van der Waals surface area (Å²) in [6, 6.07) is 0.166. The Morgan fingerprint density at radius 3 is 2.74 bits per heavy atom. The number of halogens is 1. The molecular weight excluding hydrogens is 270 g/mol. The molecule has 0 saturated carbocycles. The Labute approximate surface area is 117 Å². The molecule has 0 bridgehead atoms. The van der Waals surface area contributed by atoms with Crippen molar-refractivity contribution in [1.29, 1.82) is 0 Å². The highest BCUT2D eigenvalue weighted by atomic mass is 35.5. The standard InChI is InChI=1S/C11H18ClN5O2/c1-4-6-19-11-15-9(12)14-10(16-11)17(3)7-8(18)13-5-2/h4-7H2,1-3H3,(H,13,18). The molecule has 1 amide bonds. The van der Waals surface area contributed by atoms with E-state index >= 15 is 0 Å². The lowest BCUT2D eigenvalue weighted by molar-refractivity contribution is -0.119. The fourth-order valence-corrected chi connectivity index (χ4v) is 1.44. The molecule has 8 heteroatoms. The topological polar surface area (TPSA) is 80.2 Å². The molecule has 0 spiro atoms. The number of carbonyl (C=O) groups is 1. The van der Waals surface area contributed by atoms with Crippen molar-refractivity contribution >= 4 is 23.5 Å². The number of hydrogen-bond acceptors (Lipinski definition) is 6. The minimum absolute atomic E-state index is 0.0406. The summed E-state index contributed by atoms with van der Waals surface area (Å²) in [5.41, 5.74) is 0. The van der Waals surface area contributed by atoms with Gasteiger partial charge >= 0.3 is 6.01 Å². The van der Waals surface area contributed by atoms with E-state index in [2.05, 4.69) is 20.3 Å². The van der Waals surface area contributed by atoms with Gasteiger partial charge in [-0.2, -0.15) is 15.0 Å². The van der Waals surface area contributed by atoms with Gasteiger partial charge in [0, 0.05) is 13.6 Å². The molecule has 1 aromatic heterocycles. The van der Waals surface area contributed by atoms with E-state index in [1.165, 1.54) is 0 Å². The van der Waals surface area contributed by atoms with Crippen LogP contribution < -0.4 is 15.0 Å². The van der Waals surface area contributed by atoms with E-state index in [9.17, 15) is 4.79 Å². The van der Waals surface area contributed by atoms with Crippen molar-refractivity contribution in [2.45, 2.75) is 20.3 Å². The first-order valence-electron chi connectivity index (χ1n) is 6.09. The molecule has 1 aromatic rings. The maximum atomic E-state index is 11.5. The Kier molecular flexibility index (Phi) is 6.27. The number of rotatable bonds is 7. The Bertz CT molecular complexity index is 430. The van der Waals surface area contributed by atoms with E-state index in [0.29, 0.717) is 19.1 Å². The summed E-state index contributed by atoms with van der Waals surface area (Å²) >= 11 is 5.80. The summed E-state index contributed by atoms with van der Waals surface area (Å²) in [6.07, 6.45) is 0.841. The second-order valence-electron chi connectivity index (χ2n) is 3.85. The summed E-state index contributed by atoms with van der Waals surface area (Å²) in [6.45, 7) is 5.05. The zero-order chi connectivity index (χ0) is 14.3. The third-order valence-electron chi connectivity index (χ3n) is 2.11. The molecule has 0 aliphatic carbocycles. The van der Waals surface area contributed by atoms with Gasteiger partial charge in [0.25, 0.3) is 0 Å². The molecule has 0 saturated heterocycles. The van der Waals surface area contributed by atoms with Crippen molar-refractivity contribution in [2.75, 3.05) is 31.6 Å². The van der Waals surface area contributed by atoms with Crippen LogP contribution in [0.15, 0.2) is 0 Å². The zero-order valence-corrected chi connectivity index (χ0v) is 12.1. The van der Waals surface area contributed by atoms with Crippen LogP contribution in [0.2, 0.25) is 5.28 Å². The highest BCUT2D eigenvalue weighted by Gasteiger charge is 2.12. The molecule has 0 radical (unpaired) electrons. The van der Waals surface area contributed by atoms with Gasteiger partial charge in [0.1, 0.15) is 0 Å². The molecule has 106 valence electrons. The van der Waals surface area contributed by atoms with Crippen molar-refractivity contribution in [3.63, 3.8) is 0 Å². The summed E-state index contributed by atoms with van der Waals surface area (Å²) in [4.78, 5) is 25.0. The molecule has 0 aliphatic heterocycles. The van der Waals surface area contributed by atoms with E-state index in [4.69, 9.17) is 16.3 Å². The molecule has 0 aliphatic rings. The smallest absolute Gasteiger partial charge is 0.322 e. The van der Waals surface area contributed by atoms with Crippen LogP contribution in [0.5, 0.6) is 6.01 Å². The Morgan fingerprint density at radius 2 is 2.11 bits per heavy atom. The SMILES string of the molecule is CCCOc1nc(Cl)nc(N(C)CC(=O)NCC)n1. The lowest BCUT2D eigenvalue weighted by Gasteiger charge is -2.16. The van der Waals surface area contributed by atoms with Crippen molar-refractivity contribution in [3.8, 4) is 6.01 Å². The Hall–Kier alpha value is -1.63. The van der Waals surface area contributed by atoms with Crippen LogP contribution in [0.4, 0.5) is 5.95 Å². The van der Waals surface area contributed by atoms with Gasteiger partial charge < -0.3 is 15.0 Å². The van der Waals surface area contributed by atoms with Crippen LogP contribution in [-0.2, 0) is 4.79 Å². The Morgan fingerprint density at radius 1 is 1.37 bits per heavy atom. The molecule has 19 heavy (non-hydrogen) atoms. The fourth-order valence-electron chi connectivity index (χ4n) is 1.29. The number of carbonyl (C=O) groups excluding carboxylic acids is 1. The quantitative estimate of drug-likeness (QED) is 0.802. The van der Waals surface area contributed by atoms with Gasteiger partial charge in [-0.25, -0.2) is 0 Å². The molecule has 1 N–H and O–H groups in total. The number of anilines is 1. The first-order chi connectivity index (χ1) is 9.06. The lowest BCUT2D eigenvalue weighted by atomic mass is 10.5. The fraction of sp³-hybridized carbons (Fsp3) is 0.636. The first-order valence-corrected chi connectivity index (χ1v) is 6.46. The number of amides is 1. The minimum Gasteiger partial charge on any atom is -0.463 e. The highest BCUT2D eigenvalue weighted by Crippen LogP contribution is 2.14. The van der Waals surface area contributed by atoms with Crippen LogP contribution in [0.1, 0.15) is 20.3 Å². The van der Waals surface area contributed by atoms with Crippen LogP contribution in [0, 0.1) is 0 Å². The zero-order valence-electron chi connectivity index (χ0n) is 11.3. The number of aromatic nitrogens is 3. The number of nitrogens with one attached hydrogen (secondary N) is 1. The monoisotopic (exact) mass is 287 g/mol. The minimum atomic E-state index is -0.113. The van der Waals surface area contributed by atoms with Crippen molar-refractivity contribution < 1.29 is 9.53 Å². The van der Waals surface area contributed by atoms with Gasteiger partial charge in [0.05, 0.1) is 13.2 Å². The van der Waals surface area contributed by atoms with E-state index < -0.39 is 0 Å². The van der Waals surface area contributed by atoms with Gasteiger partial charge in [-0.05, 0) is 24.9 Å². The van der Waals surface area contributed by atoms with Crippen LogP contribution >= 0.6 is 11.6 Å². The summed E-state index contributed by atoms with van der Waals surface area (Å²) < 4.78 is 5.31. The molecule has 0 fully saturated rings. The van der Waals surface area contributed by atoms with Gasteiger partial charge in [0.2, 0.25) is 17.1 Å². The summed E-state index contributed by atoms with van der Waals surface area (Å²) in [7, 11) is 1.70. The lowest BCUT2D eigenvalue weighted by Crippen LogP contribution is -2.35. The second-order valence-corrected chi connectivity index (χ2v) is 4.18. The molecule has 7 nitrogen and oxygen atoms in total. The van der Waals surface area contributed by atoms with Gasteiger partial charge in [0.15, 0.2) is 0 Å². The average Bonchev–Trinajstić information content (AvgIpc) is 2.36. The molecule has 1 heterocycles. The number of likely N-dealkylation sites (N-methyl/N-ethyl adjacent to an activating group) is 2. The summed E-state index contributed by atoms with van der Waals surface area (Å²) in [5.74, 6) is 0.190. The molecule has 0 atom stereocenters. The first kappa shape index (κ1) is 15.4. The highest BCUT2D eigenvalue weighted by molar-refractivity contribution is 6.28. The molecule has 0 unspecified atom stereocenters.